The molecule has 2 saturated carbocycles. The summed E-state index contributed by atoms with van der Waals surface area (Å²) in [5.41, 5.74) is 0.0453. The van der Waals surface area contributed by atoms with Crippen molar-refractivity contribution in [3.63, 3.8) is 0 Å². The van der Waals surface area contributed by atoms with E-state index >= 15 is 0 Å². The normalized spacial score (nSPS) is 20.4. The zero-order chi connectivity index (χ0) is 15.3. The van der Waals surface area contributed by atoms with Crippen molar-refractivity contribution >= 4 is 27.8 Å². The van der Waals surface area contributed by atoms with Crippen molar-refractivity contribution < 1.29 is 18.3 Å². The highest BCUT2D eigenvalue weighted by atomic mass is 32.2. The van der Waals surface area contributed by atoms with Gasteiger partial charge in [0.15, 0.2) is 0 Å². The summed E-state index contributed by atoms with van der Waals surface area (Å²) in [7, 11) is -3.65. The summed E-state index contributed by atoms with van der Waals surface area (Å²) in [6.45, 7) is 0.396. The summed E-state index contributed by atoms with van der Waals surface area (Å²) in [5.74, 6) is -1.09. The lowest BCUT2D eigenvalue weighted by Gasteiger charge is -2.12. The fraction of sp³-hybridized carbons (Fsp3) is 0.615. The summed E-state index contributed by atoms with van der Waals surface area (Å²) in [4.78, 5) is 11.3. The van der Waals surface area contributed by atoms with Gasteiger partial charge in [-0.15, -0.1) is 0 Å². The Labute approximate surface area is 128 Å². The number of rotatable bonds is 7. The van der Waals surface area contributed by atoms with Gasteiger partial charge in [-0.3, -0.25) is 0 Å². The molecule has 116 valence electrons. The van der Waals surface area contributed by atoms with Gasteiger partial charge >= 0.3 is 5.97 Å². The molecule has 0 aliphatic heterocycles. The molecule has 0 atom stereocenters. The Morgan fingerprint density at radius 2 is 2.19 bits per heavy atom. The molecule has 0 unspecified atom stereocenters. The lowest BCUT2D eigenvalue weighted by Crippen LogP contribution is -2.31. The number of nitrogens with one attached hydrogen (secondary N) is 1. The molecule has 2 fully saturated rings. The highest BCUT2D eigenvalue weighted by Gasteiger charge is 2.42. The van der Waals surface area contributed by atoms with Crippen LogP contribution in [0, 0.1) is 0 Å². The first-order chi connectivity index (χ1) is 9.87. The molecule has 8 heteroatoms. The van der Waals surface area contributed by atoms with Crippen molar-refractivity contribution in [2.45, 2.75) is 41.4 Å². The van der Waals surface area contributed by atoms with E-state index in [4.69, 9.17) is 0 Å². The van der Waals surface area contributed by atoms with Crippen molar-refractivity contribution in [1.82, 2.24) is 9.29 Å². The standard InChI is InChI=1S/C13H18N2O4S2/c1-20-13(4-5-13)8-14-21(18,19)10-6-11(12(16)17)15(7-10)9-2-3-9/h6-7,9,14H,2-5,8H2,1H3,(H,16,17). The molecule has 6 nitrogen and oxygen atoms in total. The fourth-order valence-electron chi connectivity index (χ4n) is 2.33. The Bertz CT molecular complexity index is 672. The van der Waals surface area contributed by atoms with Crippen molar-refractivity contribution in [2.24, 2.45) is 0 Å². The molecule has 2 aliphatic carbocycles. The highest BCUT2D eigenvalue weighted by molar-refractivity contribution is 8.00. The van der Waals surface area contributed by atoms with Crippen LogP contribution in [0.25, 0.3) is 0 Å². The molecule has 3 rings (SSSR count). The van der Waals surface area contributed by atoms with Crippen LogP contribution >= 0.6 is 11.8 Å². The van der Waals surface area contributed by atoms with Crippen LogP contribution in [0.2, 0.25) is 0 Å². The van der Waals surface area contributed by atoms with Gasteiger partial charge in [0, 0.05) is 23.5 Å². The van der Waals surface area contributed by atoms with Crippen molar-refractivity contribution in [3.05, 3.63) is 18.0 Å². The average Bonchev–Trinajstić information content (AvgIpc) is 3.35. The quantitative estimate of drug-likeness (QED) is 0.794. The molecule has 21 heavy (non-hydrogen) atoms. The lowest BCUT2D eigenvalue weighted by atomic mass is 10.4. The number of aromatic carboxylic acids is 1. The van der Waals surface area contributed by atoms with E-state index in [1.807, 2.05) is 6.26 Å². The predicted octanol–water partition coefficient (Wildman–Crippen LogP) is 1.70. The number of carbonyl (C=O) groups is 1. The van der Waals surface area contributed by atoms with Crippen LogP contribution in [0.1, 0.15) is 42.2 Å². The van der Waals surface area contributed by atoms with Crippen LogP contribution in [0.4, 0.5) is 0 Å². The smallest absolute Gasteiger partial charge is 0.352 e. The van der Waals surface area contributed by atoms with Gasteiger partial charge in [-0.2, -0.15) is 11.8 Å². The lowest BCUT2D eigenvalue weighted by molar-refractivity contribution is 0.0685. The van der Waals surface area contributed by atoms with Crippen molar-refractivity contribution in [3.8, 4) is 0 Å². The minimum atomic E-state index is -3.65. The Kier molecular flexibility index (Phi) is 3.58. The van der Waals surface area contributed by atoms with Gasteiger partial charge in [0.25, 0.3) is 0 Å². The van der Waals surface area contributed by atoms with E-state index in [1.54, 1.807) is 16.3 Å². The molecular weight excluding hydrogens is 312 g/mol. The summed E-state index contributed by atoms with van der Waals surface area (Å²) in [6.07, 6.45) is 7.25. The van der Waals surface area contributed by atoms with Gasteiger partial charge in [-0.25, -0.2) is 17.9 Å². The summed E-state index contributed by atoms with van der Waals surface area (Å²) in [6, 6.07) is 1.38. The van der Waals surface area contributed by atoms with Crippen LogP contribution in [-0.4, -0.2) is 41.6 Å². The predicted molar refractivity (Wildman–Crippen MR) is 80.3 cm³/mol. The van der Waals surface area contributed by atoms with E-state index in [0.29, 0.717) is 6.54 Å². The van der Waals surface area contributed by atoms with E-state index in [1.165, 1.54) is 12.3 Å². The molecule has 0 amide bonds. The Morgan fingerprint density at radius 1 is 1.52 bits per heavy atom. The average molecular weight is 330 g/mol. The maximum Gasteiger partial charge on any atom is 0.352 e. The third-order valence-electron chi connectivity index (χ3n) is 4.12. The number of aromatic nitrogens is 1. The first-order valence-corrected chi connectivity index (χ1v) is 9.58. The van der Waals surface area contributed by atoms with Gasteiger partial charge in [0.1, 0.15) is 10.6 Å². The summed E-state index contributed by atoms with van der Waals surface area (Å²) >= 11 is 1.68. The van der Waals surface area contributed by atoms with Gasteiger partial charge < -0.3 is 9.67 Å². The fourth-order valence-corrected chi connectivity index (χ4v) is 4.30. The van der Waals surface area contributed by atoms with E-state index < -0.39 is 16.0 Å². The zero-order valence-electron chi connectivity index (χ0n) is 11.7. The number of hydrogen-bond donors (Lipinski definition) is 2. The monoisotopic (exact) mass is 330 g/mol. The molecule has 1 heterocycles. The Morgan fingerprint density at radius 3 is 2.67 bits per heavy atom. The molecular formula is C13H18N2O4S2. The first-order valence-electron chi connectivity index (χ1n) is 6.87. The van der Waals surface area contributed by atoms with E-state index in [-0.39, 0.29) is 21.4 Å². The number of carboxylic acid groups (broad SMARTS) is 1. The topological polar surface area (TPSA) is 88.4 Å². The van der Waals surface area contributed by atoms with Crippen molar-refractivity contribution in [2.75, 3.05) is 12.8 Å². The molecule has 2 aliphatic rings. The molecule has 1 aromatic rings. The van der Waals surface area contributed by atoms with Gasteiger partial charge in [-0.1, -0.05) is 0 Å². The molecule has 0 saturated heterocycles. The van der Waals surface area contributed by atoms with Crippen LogP contribution in [0.3, 0.4) is 0 Å². The number of thioether (sulfide) groups is 1. The first kappa shape index (κ1) is 14.9. The maximum atomic E-state index is 12.3. The second-order valence-electron chi connectivity index (χ2n) is 5.72. The minimum absolute atomic E-state index is 0.0295. The third-order valence-corrected chi connectivity index (χ3v) is 6.91. The van der Waals surface area contributed by atoms with E-state index in [9.17, 15) is 18.3 Å². The number of nitrogens with zero attached hydrogens (tertiary/aromatic N) is 1. The number of sulfonamides is 1. The largest absolute Gasteiger partial charge is 0.477 e. The summed E-state index contributed by atoms with van der Waals surface area (Å²) in [5, 5.41) is 9.19. The summed E-state index contributed by atoms with van der Waals surface area (Å²) < 4.78 is 28.9. The second kappa shape index (κ2) is 5.03. The highest BCUT2D eigenvalue weighted by Crippen LogP contribution is 2.46. The minimum Gasteiger partial charge on any atom is -0.477 e. The maximum absolute atomic E-state index is 12.3. The Balaban J connectivity index is 1.81. The SMILES string of the molecule is CSC1(CNS(=O)(=O)c2cc(C(=O)O)n(C3CC3)c2)CC1. The Hall–Kier alpha value is -0.990. The van der Waals surface area contributed by atoms with Crippen molar-refractivity contribution in [1.29, 1.82) is 0 Å². The van der Waals surface area contributed by atoms with Gasteiger partial charge in [-0.05, 0) is 38.0 Å². The molecule has 0 spiro atoms. The molecule has 0 aromatic carbocycles. The number of carboxylic acids is 1. The number of hydrogen-bond acceptors (Lipinski definition) is 4. The van der Waals surface area contributed by atoms with Crippen LogP contribution in [0.5, 0.6) is 0 Å². The van der Waals surface area contributed by atoms with Gasteiger partial charge in [0.05, 0.1) is 0 Å². The van der Waals surface area contributed by atoms with E-state index in [2.05, 4.69) is 4.72 Å². The molecule has 1 aromatic heterocycles. The molecule has 0 bridgehead atoms. The zero-order valence-corrected chi connectivity index (χ0v) is 13.3. The second-order valence-corrected chi connectivity index (χ2v) is 8.76. The van der Waals surface area contributed by atoms with Crippen LogP contribution < -0.4 is 4.72 Å². The van der Waals surface area contributed by atoms with Crippen LogP contribution in [0.15, 0.2) is 17.2 Å². The third kappa shape index (κ3) is 2.97. The van der Waals surface area contributed by atoms with E-state index in [0.717, 1.165) is 25.7 Å². The molecule has 2 N–H and O–H groups in total. The van der Waals surface area contributed by atoms with Gasteiger partial charge in [0.2, 0.25) is 10.0 Å². The van der Waals surface area contributed by atoms with Crippen LogP contribution in [-0.2, 0) is 10.0 Å². The molecule has 0 radical (unpaired) electrons.